The first-order chi connectivity index (χ1) is 7.66. The molecule has 3 nitrogen and oxygen atoms in total. The number of rotatable bonds is 3. The standard InChI is InChI=1S/C11H12BrN3S/c1-7-3-4-13-11(10(7)12)14-5-9-6-16-8(2)15-9/h3-4,6H,5H2,1-2H3,(H,13,14). The van der Waals surface area contributed by atoms with Crippen molar-refractivity contribution in [3.05, 3.63) is 38.4 Å². The second-order valence-corrected chi connectivity index (χ2v) is 5.36. The van der Waals surface area contributed by atoms with Gasteiger partial charge in [-0.25, -0.2) is 9.97 Å². The van der Waals surface area contributed by atoms with Crippen LogP contribution in [0, 0.1) is 13.8 Å². The minimum Gasteiger partial charge on any atom is -0.363 e. The fourth-order valence-corrected chi connectivity index (χ4v) is 2.31. The lowest BCUT2D eigenvalue weighted by atomic mass is 10.3. The van der Waals surface area contributed by atoms with Crippen molar-refractivity contribution >= 4 is 33.1 Å². The summed E-state index contributed by atoms with van der Waals surface area (Å²) in [4.78, 5) is 8.67. The van der Waals surface area contributed by atoms with E-state index in [1.54, 1.807) is 17.5 Å². The van der Waals surface area contributed by atoms with E-state index >= 15 is 0 Å². The quantitative estimate of drug-likeness (QED) is 0.942. The van der Waals surface area contributed by atoms with Crippen LogP contribution in [-0.4, -0.2) is 9.97 Å². The largest absolute Gasteiger partial charge is 0.363 e. The zero-order chi connectivity index (χ0) is 11.5. The monoisotopic (exact) mass is 297 g/mol. The van der Waals surface area contributed by atoms with Gasteiger partial charge in [0.25, 0.3) is 0 Å². The molecular weight excluding hydrogens is 286 g/mol. The molecule has 84 valence electrons. The predicted molar refractivity (Wildman–Crippen MR) is 70.9 cm³/mol. The number of hydrogen-bond acceptors (Lipinski definition) is 4. The van der Waals surface area contributed by atoms with Gasteiger partial charge in [0.2, 0.25) is 0 Å². The van der Waals surface area contributed by atoms with E-state index in [0.717, 1.165) is 21.0 Å². The summed E-state index contributed by atoms with van der Waals surface area (Å²) in [5.41, 5.74) is 2.23. The Labute approximate surface area is 107 Å². The van der Waals surface area contributed by atoms with Crippen LogP contribution in [0.5, 0.6) is 0 Å². The third-order valence-electron chi connectivity index (χ3n) is 2.19. The molecule has 2 heterocycles. The zero-order valence-corrected chi connectivity index (χ0v) is 11.5. The van der Waals surface area contributed by atoms with Crippen LogP contribution in [0.3, 0.4) is 0 Å². The second-order valence-electron chi connectivity index (χ2n) is 3.50. The van der Waals surface area contributed by atoms with Crippen molar-refractivity contribution in [1.29, 1.82) is 0 Å². The van der Waals surface area contributed by atoms with Crippen LogP contribution >= 0.6 is 27.3 Å². The molecule has 0 bridgehead atoms. The highest BCUT2D eigenvalue weighted by molar-refractivity contribution is 9.10. The van der Waals surface area contributed by atoms with Crippen LogP contribution in [0.15, 0.2) is 22.1 Å². The summed E-state index contributed by atoms with van der Waals surface area (Å²) in [6, 6.07) is 1.97. The van der Waals surface area contributed by atoms with E-state index in [9.17, 15) is 0 Å². The lowest BCUT2D eigenvalue weighted by Gasteiger charge is -2.07. The molecule has 0 radical (unpaired) electrons. The highest BCUT2D eigenvalue weighted by Gasteiger charge is 2.04. The van der Waals surface area contributed by atoms with Gasteiger partial charge in [0.1, 0.15) is 5.82 Å². The SMILES string of the molecule is Cc1nc(CNc2nccc(C)c2Br)cs1. The molecule has 0 saturated carbocycles. The van der Waals surface area contributed by atoms with Gasteiger partial charge >= 0.3 is 0 Å². The summed E-state index contributed by atoms with van der Waals surface area (Å²) in [5.74, 6) is 0.866. The van der Waals surface area contributed by atoms with Crippen molar-refractivity contribution in [1.82, 2.24) is 9.97 Å². The van der Waals surface area contributed by atoms with Gasteiger partial charge in [0.15, 0.2) is 0 Å². The average Bonchev–Trinajstić information content (AvgIpc) is 2.67. The zero-order valence-electron chi connectivity index (χ0n) is 9.12. The second kappa shape index (κ2) is 4.93. The molecule has 0 spiro atoms. The molecule has 0 unspecified atom stereocenters. The summed E-state index contributed by atoms with van der Waals surface area (Å²) in [5, 5.41) is 6.42. The Hall–Kier alpha value is -0.940. The van der Waals surface area contributed by atoms with E-state index < -0.39 is 0 Å². The maximum Gasteiger partial charge on any atom is 0.140 e. The molecule has 1 N–H and O–H groups in total. The van der Waals surface area contributed by atoms with Gasteiger partial charge < -0.3 is 5.32 Å². The number of nitrogens with one attached hydrogen (secondary N) is 1. The van der Waals surface area contributed by atoms with E-state index in [1.807, 2.05) is 19.9 Å². The lowest BCUT2D eigenvalue weighted by molar-refractivity contribution is 1.03. The Balaban J connectivity index is 2.07. The topological polar surface area (TPSA) is 37.8 Å². The molecule has 0 aliphatic carbocycles. The molecule has 0 aliphatic rings. The Morgan fingerprint density at radius 1 is 1.44 bits per heavy atom. The van der Waals surface area contributed by atoms with Gasteiger partial charge in [-0.3, -0.25) is 0 Å². The fourth-order valence-electron chi connectivity index (χ4n) is 1.33. The van der Waals surface area contributed by atoms with Gasteiger partial charge in [-0.15, -0.1) is 11.3 Å². The van der Waals surface area contributed by atoms with Crippen molar-refractivity contribution in [3.63, 3.8) is 0 Å². The van der Waals surface area contributed by atoms with Crippen molar-refractivity contribution < 1.29 is 0 Å². The molecule has 0 atom stereocenters. The summed E-state index contributed by atoms with van der Waals surface area (Å²) in [7, 11) is 0. The normalized spacial score (nSPS) is 10.4. The molecule has 0 fully saturated rings. The molecule has 0 amide bonds. The highest BCUT2D eigenvalue weighted by Crippen LogP contribution is 2.23. The number of hydrogen-bond donors (Lipinski definition) is 1. The molecule has 5 heteroatoms. The molecule has 16 heavy (non-hydrogen) atoms. The summed E-state index contributed by atoms with van der Waals surface area (Å²) < 4.78 is 1.02. The Kier molecular flexibility index (Phi) is 3.56. The van der Waals surface area contributed by atoms with Crippen molar-refractivity contribution in [3.8, 4) is 0 Å². The minimum atomic E-state index is 0.708. The summed E-state index contributed by atoms with van der Waals surface area (Å²) in [6.07, 6.45) is 1.80. The van der Waals surface area contributed by atoms with E-state index in [0.29, 0.717) is 6.54 Å². The average molecular weight is 298 g/mol. The van der Waals surface area contributed by atoms with E-state index in [4.69, 9.17) is 0 Å². The molecule has 2 rings (SSSR count). The molecule has 2 aromatic heterocycles. The van der Waals surface area contributed by atoms with Crippen LogP contribution in [0.25, 0.3) is 0 Å². The highest BCUT2D eigenvalue weighted by atomic mass is 79.9. The van der Waals surface area contributed by atoms with Gasteiger partial charge in [-0.1, -0.05) is 0 Å². The van der Waals surface area contributed by atoms with Gasteiger partial charge in [0, 0.05) is 11.6 Å². The van der Waals surface area contributed by atoms with Gasteiger partial charge in [-0.2, -0.15) is 0 Å². The molecule has 0 aliphatic heterocycles. The Bertz CT molecular complexity index is 496. The van der Waals surface area contributed by atoms with Crippen molar-refractivity contribution in [2.75, 3.05) is 5.32 Å². The number of halogens is 1. The van der Waals surface area contributed by atoms with Gasteiger partial charge in [0.05, 0.1) is 21.7 Å². The van der Waals surface area contributed by atoms with Crippen LogP contribution in [0.1, 0.15) is 16.3 Å². The maximum absolute atomic E-state index is 4.39. The molecule has 0 saturated heterocycles. The molecule has 0 aromatic carbocycles. The number of nitrogens with zero attached hydrogens (tertiary/aromatic N) is 2. The Morgan fingerprint density at radius 3 is 2.94 bits per heavy atom. The summed E-state index contributed by atoms with van der Waals surface area (Å²) >= 11 is 5.18. The minimum absolute atomic E-state index is 0.708. The van der Waals surface area contributed by atoms with E-state index in [2.05, 4.69) is 36.6 Å². The molecule has 2 aromatic rings. The van der Waals surface area contributed by atoms with Gasteiger partial charge in [-0.05, 0) is 41.4 Å². The predicted octanol–water partition coefficient (Wildman–Crippen LogP) is 3.53. The third kappa shape index (κ3) is 2.59. The van der Waals surface area contributed by atoms with Crippen LogP contribution < -0.4 is 5.32 Å². The maximum atomic E-state index is 4.39. The van der Waals surface area contributed by atoms with E-state index in [-0.39, 0.29) is 0 Å². The van der Waals surface area contributed by atoms with E-state index in [1.165, 1.54) is 5.56 Å². The van der Waals surface area contributed by atoms with Crippen molar-refractivity contribution in [2.24, 2.45) is 0 Å². The smallest absolute Gasteiger partial charge is 0.140 e. The van der Waals surface area contributed by atoms with Crippen molar-refractivity contribution in [2.45, 2.75) is 20.4 Å². The number of aromatic nitrogens is 2. The number of thiazole rings is 1. The number of anilines is 1. The Morgan fingerprint density at radius 2 is 2.25 bits per heavy atom. The van der Waals surface area contributed by atoms with Crippen LogP contribution in [-0.2, 0) is 6.54 Å². The van der Waals surface area contributed by atoms with Crippen LogP contribution in [0.4, 0.5) is 5.82 Å². The third-order valence-corrected chi connectivity index (χ3v) is 4.01. The number of pyridine rings is 1. The lowest BCUT2D eigenvalue weighted by Crippen LogP contribution is -2.02. The fraction of sp³-hybridized carbons (Fsp3) is 0.273. The summed E-state index contributed by atoms with van der Waals surface area (Å²) in [6.45, 7) is 4.76. The molecular formula is C11H12BrN3S. The first-order valence-electron chi connectivity index (χ1n) is 4.93. The number of aryl methyl sites for hydroxylation is 2. The first-order valence-corrected chi connectivity index (χ1v) is 6.60. The first kappa shape index (κ1) is 11.5. The van der Waals surface area contributed by atoms with Crippen LogP contribution in [0.2, 0.25) is 0 Å².